The minimum absolute atomic E-state index is 0.256. The Bertz CT molecular complexity index is 643. The summed E-state index contributed by atoms with van der Waals surface area (Å²) in [4.78, 5) is 15.5. The van der Waals surface area contributed by atoms with Crippen molar-refractivity contribution in [3.63, 3.8) is 0 Å². The molecular weight excluding hydrogens is 288 g/mol. The van der Waals surface area contributed by atoms with Gasteiger partial charge in [-0.2, -0.15) is 0 Å². The monoisotopic (exact) mass is 297 g/mol. The van der Waals surface area contributed by atoms with Crippen LogP contribution in [-0.4, -0.2) is 16.1 Å². The zero-order valence-corrected chi connectivity index (χ0v) is 10.9. The average Bonchev–Trinajstić information content (AvgIpc) is 2.95. The van der Waals surface area contributed by atoms with Crippen LogP contribution in [0.2, 0.25) is 0 Å². The Kier molecular flexibility index (Phi) is 4.21. The van der Waals surface area contributed by atoms with Crippen LogP contribution in [0.5, 0.6) is 5.75 Å². The number of aliphatic hydroxyl groups excluding tert-OH is 1. The second-order valence-corrected chi connectivity index (χ2v) is 4.69. The standard InChI is InChI=1S/C13H9F2NO3S/c1-7(11(17)12-16-4-5-20-12)13(18)19-10-6-8(14)2-3-9(10)15/h2-6,11,17H,1H2. The maximum absolute atomic E-state index is 13.3. The second-order valence-electron chi connectivity index (χ2n) is 3.76. The quantitative estimate of drug-likeness (QED) is 0.535. The van der Waals surface area contributed by atoms with Crippen molar-refractivity contribution in [2.45, 2.75) is 6.10 Å². The number of halogens is 2. The van der Waals surface area contributed by atoms with Gasteiger partial charge in [0.15, 0.2) is 11.6 Å². The van der Waals surface area contributed by atoms with Crippen molar-refractivity contribution in [2.24, 2.45) is 0 Å². The summed E-state index contributed by atoms with van der Waals surface area (Å²) < 4.78 is 30.9. The molecule has 0 aliphatic rings. The molecule has 1 heterocycles. The highest BCUT2D eigenvalue weighted by molar-refractivity contribution is 7.09. The molecule has 1 N–H and O–H groups in total. The molecular formula is C13H9F2NO3S. The van der Waals surface area contributed by atoms with E-state index in [0.29, 0.717) is 0 Å². The Hall–Kier alpha value is -2.12. The van der Waals surface area contributed by atoms with Crippen LogP contribution in [0.15, 0.2) is 41.9 Å². The third kappa shape index (κ3) is 3.06. The van der Waals surface area contributed by atoms with Crippen LogP contribution in [0.3, 0.4) is 0 Å². The molecule has 4 nitrogen and oxygen atoms in total. The van der Waals surface area contributed by atoms with Gasteiger partial charge in [0.1, 0.15) is 16.9 Å². The molecule has 20 heavy (non-hydrogen) atoms. The summed E-state index contributed by atoms with van der Waals surface area (Å²) in [5.41, 5.74) is -0.316. The molecule has 104 valence electrons. The summed E-state index contributed by atoms with van der Waals surface area (Å²) in [6.07, 6.45) is 0.104. The van der Waals surface area contributed by atoms with Gasteiger partial charge in [-0.05, 0) is 12.1 Å². The van der Waals surface area contributed by atoms with Gasteiger partial charge in [-0.3, -0.25) is 0 Å². The zero-order valence-electron chi connectivity index (χ0n) is 10.0. The predicted octanol–water partition coefficient (Wildman–Crippen LogP) is 2.62. The van der Waals surface area contributed by atoms with Crippen LogP contribution < -0.4 is 4.74 Å². The lowest BCUT2D eigenvalue weighted by Crippen LogP contribution is -2.17. The van der Waals surface area contributed by atoms with Gasteiger partial charge in [-0.15, -0.1) is 11.3 Å². The van der Waals surface area contributed by atoms with Crippen molar-refractivity contribution < 1.29 is 23.4 Å². The third-order valence-electron chi connectivity index (χ3n) is 2.37. The normalized spacial score (nSPS) is 11.9. The molecule has 7 heteroatoms. The molecule has 0 aliphatic heterocycles. The van der Waals surface area contributed by atoms with E-state index in [1.165, 1.54) is 6.20 Å². The topological polar surface area (TPSA) is 59.4 Å². The van der Waals surface area contributed by atoms with Gasteiger partial charge in [0.25, 0.3) is 0 Å². The molecule has 0 amide bonds. The number of ether oxygens (including phenoxy) is 1. The van der Waals surface area contributed by atoms with Crippen LogP contribution in [0.1, 0.15) is 11.1 Å². The number of thiazole rings is 1. The zero-order chi connectivity index (χ0) is 14.7. The van der Waals surface area contributed by atoms with Crippen LogP contribution in [0.4, 0.5) is 8.78 Å². The third-order valence-corrected chi connectivity index (χ3v) is 3.20. The van der Waals surface area contributed by atoms with E-state index in [1.807, 2.05) is 0 Å². The fraction of sp³-hybridized carbons (Fsp3) is 0.0769. The number of esters is 1. The molecule has 1 aromatic carbocycles. The number of carbonyl (C=O) groups is 1. The van der Waals surface area contributed by atoms with Gasteiger partial charge in [0.2, 0.25) is 0 Å². The van der Waals surface area contributed by atoms with Crippen LogP contribution >= 0.6 is 11.3 Å². The number of benzene rings is 1. The lowest BCUT2D eigenvalue weighted by atomic mass is 10.2. The summed E-state index contributed by atoms with van der Waals surface area (Å²) >= 11 is 1.12. The molecule has 2 rings (SSSR count). The first-order valence-corrected chi connectivity index (χ1v) is 6.30. The minimum atomic E-state index is -1.35. The molecule has 0 aliphatic carbocycles. The van der Waals surface area contributed by atoms with Crippen LogP contribution in [-0.2, 0) is 4.79 Å². The van der Waals surface area contributed by atoms with Gasteiger partial charge in [0.05, 0.1) is 5.57 Å². The number of aromatic nitrogens is 1. The summed E-state index contributed by atoms with van der Waals surface area (Å²) in [7, 11) is 0. The molecule has 0 radical (unpaired) electrons. The number of carbonyl (C=O) groups excluding carboxylic acids is 1. The first-order chi connectivity index (χ1) is 9.49. The Labute approximate surface area is 117 Å². The van der Waals surface area contributed by atoms with Gasteiger partial charge in [-0.1, -0.05) is 6.58 Å². The van der Waals surface area contributed by atoms with E-state index < -0.39 is 29.5 Å². The predicted molar refractivity (Wildman–Crippen MR) is 68.2 cm³/mol. The largest absolute Gasteiger partial charge is 0.420 e. The van der Waals surface area contributed by atoms with E-state index in [0.717, 1.165) is 29.5 Å². The molecule has 0 bridgehead atoms. The Morgan fingerprint density at radius 2 is 2.20 bits per heavy atom. The van der Waals surface area contributed by atoms with E-state index in [9.17, 15) is 18.7 Å². The van der Waals surface area contributed by atoms with Gasteiger partial charge >= 0.3 is 5.97 Å². The fourth-order valence-corrected chi connectivity index (χ4v) is 2.01. The number of nitrogens with zero attached hydrogens (tertiary/aromatic N) is 1. The SMILES string of the molecule is C=C(C(=O)Oc1cc(F)ccc1F)C(O)c1nccs1. The number of hydrogen-bond donors (Lipinski definition) is 1. The van der Waals surface area contributed by atoms with Crippen molar-refractivity contribution >= 4 is 17.3 Å². The van der Waals surface area contributed by atoms with Gasteiger partial charge in [0, 0.05) is 17.6 Å². The van der Waals surface area contributed by atoms with Gasteiger partial charge in [-0.25, -0.2) is 18.6 Å². The van der Waals surface area contributed by atoms with E-state index in [1.54, 1.807) is 5.38 Å². The summed E-state index contributed by atoms with van der Waals surface area (Å²) in [6.45, 7) is 3.38. The Balaban J connectivity index is 2.12. The highest BCUT2D eigenvalue weighted by atomic mass is 32.1. The number of aliphatic hydroxyl groups is 1. The first kappa shape index (κ1) is 14.3. The lowest BCUT2D eigenvalue weighted by molar-refractivity contribution is -0.131. The molecule has 1 unspecified atom stereocenters. The molecule has 1 atom stereocenters. The van der Waals surface area contributed by atoms with Crippen molar-refractivity contribution in [3.05, 3.63) is 58.6 Å². The Morgan fingerprint density at radius 3 is 2.85 bits per heavy atom. The minimum Gasteiger partial charge on any atom is -0.420 e. The molecule has 2 aromatic rings. The summed E-state index contributed by atoms with van der Waals surface area (Å²) in [6, 6.07) is 2.46. The molecule has 0 spiro atoms. The maximum atomic E-state index is 13.3. The van der Waals surface area contributed by atoms with Crippen LogP contribution in [0, 0.1) is 11.6 Å². The number of rotatable bonds is 4. The summed E-state index contributed by atoms with van der Waals surface area (Å²) in [5.74, 6) is -3.27. The van der Waals surface area contributed by atoms with Crippen molar-refractivity contribution in [2.75, 3.05) is 0 Å². The maximum Gasteiger partial charge on any atom is 0.342 e. The molecule has 0 fully saturated rings. The molecule has 0 saturated heterocycles. The van der Waals surface area contributed by atoms with Crippen molar-refractivity contribution in [1.29, 1.82) is 0 Å². The fourth-order valence-electron chi connectivity index (χ4n) is 1.35. The van der Waals surface area contributed by atoms with E-state index in [-0.39, 0.29) is 10.6 Å². The highest BCUT2D eigenvalue weighted by Gasteiger charge is 2.23. The van der Waals surface area contributed by atoms with E-state index in [4.69, 9.17) is 0 Å². The van der Waals surface area contributed by atoms with Crippen molar-refractivity contribution in [3.8, 4) is 5.75 Å². The molecule has 1 aromatic heterocycles. The van der Waals surface area contributed by atoms with Crippen LogP contribution in [0.25, 0.3) is 0 Å². The summed E-state index contributed by atoms with van der Waals surface area (Å²) in [5, 5.41) is 11.7. The van der Waals surface area contributed by atoms with Gasteiger partial charge < -0.3 is 9.84 Å². The second kappa shape index (κ2) is 5.89. The lowest BCUT2D eigenvalue weighted by Gasteiger charge is -2.11. The average molecular weight is 297 g/mol. The number of hydrogen-bond acceptors (Lipinski definition) is 5. The van der Waals surface area contributed by atoms with E-state index >= 15 is 0 Å². The first-order valence-electron chi connectivity index (χ1n) is 5.42. The smallest absolute Gasteiger partial charge is 0.342 e. The van der Waals surface area contributed by atoms with E-state index in [2.05, 4.69) is 16.3 Å². The Morgan fingerprint density at radius 1 is 1.45 bits per heavy atom. The highest BCUT2D eigenvalue weighted by Crippen LogP contribution is 2.25. The molecule has 0 saturated carbocycles. The van der Waals surface area contributed by atoms with Crippen molar-refractivity contribution in [1.82, 2.24) is 4.98 Å².